The van der Waals surface area contributed by atoms with Gasteiger partial charge in [-0.15, -0.1) is 0 Å². The average molecular weight is 1090 g/mol. The summed E-state index contributed by atoms with van der Waals surface area (Å²) in [7, 11) is 0. The molecule has 2 atom stereocenters. The summed E-state index contributed by atoms with van der Waals surface area (Å²) in [5.74, 6) is -0.00595. The van der Waals surface area contributed by atoms with E-state index in [9.17, 15) is 19.8 Å². The van der Waals surface area contributed by atoms with Gasteiger partial charge in [0.15, 0.2) is 0 Å². The first kappa shape index (κ1) is 75.9. The molecule has 0 spiro atoms. The molecule has 0 aliphatic rings. The standard InChI is InChI=1S/C71H141NO5/c1-3-5-7-9-11-13-15-17-18-19-20-30-33-36-40-43-47-51-55-59-63-69(74)68(67-73)72-70(75)64-60-56-52-48-44-41-37-34-31-28-26-24-22-21-23-25-27-29-32-35-38-42-46-50-54-58-62-66-77-71(76)65-61-57-53-49-45-39-16-14-12-10-8-6-4-2/h68-69,73-74H,3-67H2,1-2H3,(H,72,75). The number of aliphatic hydroxyl groups excluding tert-OH is 2. The third-order valence-electron chi connectivity index (χ3n) is 17.2. The lowest BCUT2D eigenvalue weighted by Crippen LogP contribution is -2.45. The summed E-state index contributed by atoms with van der Waals surface area (Å²) in [5.41, 5.74) is 0. The molecule has 0 aromatic heterocycles. The molecular formula is C71H141NO5. The third-order valence-corrected chi connectivity index (χ3v) is 17.2. The topological polar surface area (TPSA) is 95.9 Å². The Morgan fingerprint density at radius 2 is 0.532 bits per heavy atom. The molecule has 6 nitrogen and oxygen atoms in total. The van der Waals surface area contributed by atoms with Crippen molar-refractivity contribution in [1.82, 2.24) is 5.32 Å². The minimum atomic E-state index is -0.662. The molecule has 0 radical (unpaired) electrons. The van der Waals surface area contributed by atoms with Crippen molar-refractivity contribution in [2.75, 3.05) is 13.2 Å². The molecule has 0 aliphatic carbocycles. The highest BCUT2D eigenvalue weighted by Gasteiger charge is 2.20. The zero-order valence-electron chi connectivity index (χ0n) is 52.7. The zero-order chi connectivity index (χ0) is 55.7. The number of carbonyl (C=O) groups excluding carboxylic acids is 2. The summed E-state index contributed by atoms with van der Waals surface area (Å²) in [6, 6.07) is -0.539. The molecule has 3 N–H and O–H groups in total. The Bertz CT molecular complexity index is 1120. The Morgan fingerprint density at radius 1 is 0.312 bits per heavy atom. The van der Waals surface area contributed by atoms with Crippen LogP contribution < -0.4 is 5.32 Å². The lowest BCUT2D eigenvalue weighted by molar-refractivity contribution is -0.143. The predicted octanol–water partition coefficient (Wildman–Crippen LogP) is 23.0. The maximum atomic E-state index is 12.5. The number of rotatable bonds is 68. The largest absolute Gasteiger partial charge is 0.466 e. The Balaban J connectivity index is 3.34. The van der Waals surface area contributed by atoms with E-state index in [-0.39, 0.29) is 18.5 Å². The SMILES string of the molecule is CCCCCCCCCCCCCCCCCCCCCCC(O)C(CO)NC(=O)CCCCCCCCCCCCCCCCCCCCCCCCCCCCCOC(=O)CCCCCCCCCCCCCCC. The number of nitrogens with one attached hydrogen (secondary N) is 1. The van der Waals surface area contributed by atoms with Crippen LogP contribution >= 0.6 is 0 Å². The number of hydrogen-bond acceptors (Lipinski definition) is 5. The number of hydrogen-bond donors (Lipinski definition) is 3. The van der Waals surface area contributed by atoms with Crippen molar-refractivity contribution < 1.29 is 24.5 Å². The second kappa shape index (κ2) is 67.4. The number of ether oxygens (including phenoxy) is 1. The van der Waals surface area contributed by atoms with Gasteiger partial charge in [-0.1, -0.05) is 380 Å². The number of esters is 1. The quantitative estimate of drug-likeness (QED) is 0.0417. The molecule has 6 heteroatoms. The van der Waals surface area contributed by atoms with Crippen LogP contribution in [0.15, 0.2) is 0 Å². The van der Waals surface area contributed by atoms with E-state index in [1.165, 1.54) is 347 Å². The molecule has 77 heavy (non-hydrogen) atoms. The fourth-order valence-electron chi connectivity index (χ4n) is 11.7. The molecule has 0 aromatic rings. The summed E-state index contributed by atoms with van der Waals surface area (Å²) >= 11 is 0. The first-order valence-electron chi connectivity index (χ1n) is 35.8. The monoisotopic (exact) mass is 1090 g/mol. The number of carbonyl (C=O) groups is 2. The van der Waals surface area contributed by atoms with Gasteiger partial charge in [-0.05, 0) is 25.7 Å². The van der Waals surface area contributed by atoms with Crippen molar-refractivity contribution >= 4 is 11.9 Å². The van der Waals surface area contributed by atoms with Gasteiger partial charge in [0.25, 0.3) is 0 Å². The van der Waals surface area contributed by atoms with Gasteiger partial charge in [-0.2, -0.15) is 0 Å². The van der Waals surface area contributed by atoms with Crippen LogP contribution in [0.3, 0.4) is 0 Å². The predicted molar refractivity (Wildman–Crippen MR) is 338 cm³/mol. The van der Waals surface area contributed by atoms with Crippen molar-refractivity contribution in [2.45, 2.75) is 431 Å². The highest BCUT2D eigenvalue weighted by Crippen LogP contribution is 2.20. The maximum absolute atomic E-state index is 12.5. The molecule has 0 rings (SSSR count). The fraction of sp³-hybridized carbons (Fsp3) is 0.972. The summed E-state index contributed by atoms with van der Waals surface area (Å²) in [6.07, 6.45) is 81.5. The molecule has 0 aliphatic heterocycles. The minimum Gasteiger partial charge on any atom is -0.466 e. The van der Waals surface area contributed by atoms with Crippen LogP contribution in [0.2, 0.25) is 0 Å². The van der Waals surface area contributed by atoms with E-state index in [1.807, 2.05) is 0 Å². The van der Waals surface area contributed by atoms with E-state index in [1.54, 1.807) is 0 Å². The first-order valence-corrected chi connectivity index (χ1v) is 35.8. The van der Waals surface area contributed by atoms with Crippen LogP contribution in [0.4, 0.5) is 0 Å². The average Bonchev–Trinajstić information content (AvgIpc) is 3.43. The van der Waals surface area contributed by atoms with Crippen molar-refractivity contribution in [1.29, 1.82) is 0 Å². The molecule has 1 amide bonds. The van der Waals surface area contributed by atoms with Gasteiger partial charge >= 0.3 is 5.97 Å². The second-order valence-corrected chi connectivity index (χ2v) is 24.9. The lowest BCUT2D eigenvalue weighted by Gasteiger charge is -2.22. The normalized spacial score (nSPS) is 12.4. The van der Waals surface area contributed by atoms with E-state index in [2.05, 4.69) is 19.2 Å². The van der Waals surface area contributed by atoms with Gasteiger partial charge in [0.05, 0.1) is 25.4 Å². The van der Waals surface area contributed by atoms with Crippen molar-refractivity contribution in [3.8, 4) is 0 Å². The minimum absolute atomic E-state index is 0.0210. The van der Waals surface area contributed by atoms with E-state index in [0.717, 1.165) is 38.5 Å². The van der Waals surface area contributed by atoms with Gasteiger partial charge < -0.3 is 20.3 Å². The number of unbranched alkanes of at least 4 members (excludes halogenated alkanes) is 57. The second-order valence-electron chi connectivity index (χ2n) is 24.9. The van der Waals surface area contributed by atoms with Crippen LogP contribution in [0.25, 0.3) is 0 Å². The smallest absolute Gasteiger partial charge is 0.305 e. The highest BCUT2D eigenvalue weighted by molar-refractivity contribution is 5.76. The molecule has 0 aromatic carbocycles. The zero-order valence-corrected chi connectivity index (χ0v) is 52.7. The molecule has 460 valence electrons. The molecule has 0 heterocycles. The van der Waals surface area contributed by atoms with E-state index in [0.29, 0.717) is 25.9 Å². The summed E-state index contributed by atoms with van der Waals surface area (Å²) in [4.78, 5) is 24.6. The third kappa shape index (κ3) is 63.9. The lowest BCUT2D eigenvalue weighted by atomic mass is 10.0. The number of aliphatic hydroxyl groups is 2. The van der Waals surface area contributed by atoms with E-state index < -0.39 is 12.1 Å². The van der Waals surface area contributed by atoms with Crippen molar-refractivity contribution in [3.63, 3.8) is 0 Å². The van der Waals surface area contributed by atoms with Gasteiger partial charge in [-0.25, -0.2) is 0 Å². The van der Waals surface area contributed by atoms with Gasteiger partial charge in [0, 0.05) is 12.8 Å². The van der Waals surface area contributed by atoms with Crippen LogP contribution in [0.5, 0.6) is 0 Å². The Hall–Kier alpha value is -1.14. The van der Waals surface area contributed by atoms with Crippen LogP contribution in [-0.4, -0.2) is 47.4 Å². The maximum Gasteiger partial charge on any atom is 0.305 e. The van der Waals surface area contributed by atoms with Crippen molar-refractivity contribution in [2.24, 2.45) is 0 Å². The van der Waals surface area contributed by atoms with Crippen LogP contribution in [0.1, 0.15) is 418 Å². The van der Waals surface area contributed by atoms with Crippen molar-refractivity contribution in [3.05, 3.63) is 0 Å². The van der Waals surface area contributed by atoms with Gasteiger partial charge in [-0.3, -0.25) is 9.59 Å². The first-order chi connectivity index (χ1) is 38.0. The van der Waals surface area contributed by atoms with Crippen LogP contribution in [0, 0.1) is 0 Å². The number of amides is 1. The Morgan fingerprint density at radius 3 is 0.792 bits per heavy atom. The van der Waals surface area contributed by atoms with E-state index >= 15 is 0 Å². The van der Waals surface area contributed by atoms with E-state index in [4.69, 9.17) is 4.74 Å². The molecule has 0 saturated heterocycles. The summed E-state index contributed by atoms with van der Waals surface area (Å²) in [5, 5.41) is 23.4. The molecule has 0 saturated carbocycles. The molecule has 0 fully saturated rings. The molecule has 0 bridgehead atoms. The molecule has 2 unspecified atom stereocenters. The van der Waals surface area contributed by atoms with Gasteiger partial charge in [0.1, 0.15) is 0 Å². The van der Waals surface area contributed by atoms with Gasteiger partial charge in [0.2, 0.25) is 5.91 Å². The molecular weight excluding hydrogens is 947 g/mol. The highest BCUT2D eigenvalue weighted by atomic mass is 16.5. The Labute approximate surface area is 483 Å². The van der Waals surface area contributed by atoms with Crippen LogP contribution in [-0.2, 0) is 14.3 Å². The Kier molecular flexibility index (Phi) is 66.4. The summed E-state index contributed by atoms with van der Waals surface area (Å²) < 4.78 is 5.49. The summed E-state index contributed by atoms with van der Waals surface area (Å²) in [6.45, 7) is 5.01. The fourth-order valence-corrected chi connectivity index (χ4v) is 11.7.